The Morgan fingerprint density at radius 2 is 1.93 bits per heavy atom. The monoisotopic (exact) mass is 404 g/mol. The summed E-state index contributed by atoms with van der Waals surface area (Å²) in [6.45, 7) is 3.82. The molecule has 0 fully saturated rings. The number of urea groups is 1. The molecule has 2 unspecified atom stereocenters. The second-order valence-electron chi connectivity index (χ2n) is 6.95. The largest absolute Gasteiger partial charge is 0.341 e. The minimum absolute atomic E-state index is 0.0600. The van der Waals surface area contributed by atoms with Gasteiger partial charge in [-0.3, -0.25) is 0 Å². The van der Waals surface area contributed by atoms with E-state index in [1.165, 1.54) is 29.0 Å². The maximum absolute atomic E-state index is 13.8. The Balaban J connectivity index is 1.75. The van der Waals surface area contributed by atoms with Crippen molar-refractivity contribution in [3.05, 3.63) is 75.4 Å². The molecule has 5 nitrogen and oxygen atoms in total. The average molecular weight is 404 g/mol. The van der Waals surface area contributed by atoms with Gasteiger partial charge < -0.3 is 5.32 Å². The molecule has 2 amide bonds. The summed E-state index contributed by atoms with van der Waals surface area (Å²) < 4.78 is 13.8. The quantitative estimate of drug-likeness (QED) is 0.657. The molecule has 2 atom stereocenters. The molecule has 3 aromatic rings. The van der Waals surface area contributed by atoms with Crippen molar-refractivity contribution in [3.8, 4) is 17.3 Å². The summed E-state index contributed by atoms with van der Waals surface area (Å²) in [4.78, 5) is 20.9. The van der Waals surface area contributed by atoms with E-state index in [0.29, 0.717) is 11.3 Å². The first kappa shape index (κ1) is 19.0. The Bertz CT molecular complexity index is 1160. The van der Waals surface area contributed by atoms with Crippen molar-refractivity contribution in [1.29, 1.82) is 5.26 Å². The lowest BCUT2D eigenvalue weighted by molar-refractivity contribution is 0.243. The van der Waals surface area contributed by atoms with Crippen LogP contribution >= 0.6 is 11.3 Å². The second-order valence-corrected chi connectivity index (χ2v) is 7.84. The Morgan fingerprint density at radius 1 is 1.17 bits per heavy atom. The Morgan fingerprint density at radius 3 is 2.66 bits per heavy atom. The summed E-state index contributed by atoms with van der Waals surface area (Å²) in [5, 5.41) is 14.8. The maximum atomic E-state index is 13.8. The fourth-order valence-corrected chi connectivity index (χ4v) is 4.45. The van der Waals surface area contributed by atoms with Gasteiger partial charge in [0, 0.05) is 16.7 Å². The maximum Gasteiger partial charge on any atom is 0.341 e. The Labute approximate surface area is 171 Å². The molecular weight excluding hydrogens is 387 g/mol. The lowest BCUT2D eigenvalue weighted by Gasteiger charge is -2.30. The minimum atomic E-state index is -0.587. The number of amides is 2. The first-order valence-corrected chi connectivity index (χ1v) is 9.92. The van der Waals surface area contributed by atoms with Crippen molar-refractivity contribution in [2.75, 3.05) is 0 Å². The van der Waals surface area contributed by atoms with E-state index >= 15 is 0 Å². The zero-order valence-corrected chi connectivity index (χ0v) is 16.6. The molecule has 1 aliphatic heterocycles. The molecular formula is C22H17FN4OS. The van der Waals surface area contributed by atoms with Gasteiger partial charge >= 0.3 is 6.03 Å². The standard InChI is InChI=1S/C22H17FN4OS/c1-12-3-5-14(6-4-12)18-11-29-21(26-18)19-13(2)25-22(28)27-20(19)15-7-8-17(23)16(9-15)10-24/h3-9,11,19-20H,1-2H3,(H,27,28). The summed E-state index contributed by atoms with van der Waals surface area (Å²) in [6.07, 6.45) is 0. The predicted molar refractivity (Wildman–Crippen MR) is 111 cm³/mol. The van der Waals surface area contributed by atoms with Gasteiger partial charge in [0.1, 0.15) is 16.9 Å². The zero-order valence-electron chi connectivity index (χ0n) is 15.8. The minimum Gasteiger partial charge on any atom is -0.328 e. The number of aryl methyl sites for hydroxylation is 1. The zero-order chi connectivity index (χ0) is 20.5. The van der Waals surface area contributed by atoms with Crippen LogP contribution in [0.25, 0.3) is 11.3 Å². The third-order valence-electron chi connectivity index (χ3n) is 4.95. The van der Waals surface area contributed by atoms with E-state index in [1.54, 1.807) is 13.0 Å². The number of carbonyl (C=O) groups is 1. The van der Waals surface area contributed by atoms with E-state index < -0.39 is 17.9 Å². The van der Waals surface area contributed by atoms with Crippen LogP contribution in [0.1, 0.15) is 40.6 Å². The van der Waals surface area contributed by atoms with Crippen LogP contribution in [0, 0.1) is 24.1 Å². The molecule has 2 heterocycles. The van der Waals surface area contributed by atoms with E-state index in [0.717, 1.165) is 16.3 Å². The molecule has 1 aromatic heterocycles. The Kier molecular flexibility index (Phi) is 4.95. The molecule has 0 radical (unpaired) electrons. The second kappa shape index (κ2) is 7.57. The number of nitrogens with zero attached hydrogens (tertiary/aromatic N) is 3. The van der Waals surface area contributed by atoms with Crippen molar-refractivity contribution < 1.29 is 9.18 Å². The van der Waals surface area contributed by atoms with E-state index in [1.807, 2.05) is 42.6 Å². The van der Waals surface area contributed by atoms with E-state index in [9.17, 15) is 9.18 Å². The first-order chi connectivity index (χ1) is 14.0. The van der Waals surface area contributed by atoms with Gasteiger partial charge in [0.05, 0.1) is 23.2 Å². The smallest absolute Gasteiger partial charge is 0.328 e. The molecule has 0 saturated heterocycles. The highest BCUT2D eigenvalue weighted by Gasteiger charge is 2.35. The highest BCUT2D eigenvalue weighted by atomic mass is 32.1. The van der Waals surface area contributed by atoms with Gasteiger partial charge in [-0.1, -0.05) is 35.9 Å². The predicted octanol–water partition coefficient (Wildman–Crippen LogP) is 5.14. The van der Waals surface area contributed by atoms with Crippen LogP contribution in [0.2, 0.25) is 0 Å². The lowest BCUT2D eigenvalue weighted by atomic mass is 9.88. The summed E-state index contributed by atoms with van der Waals surface area (Å²) in [7, 11) is 0. The number of benzene rings is 2. The molecule has 2 aromatic carbocycles. The van der Waals surface area contributed by atoms with Crippen LogP contribution in [0.4, 0.5) is 9.18 Å². The van der Waals surface area contributed by atoms with Gasteiger partial charge in [0.2, 0.25) is 0 Å². The molecule has 0 aliphatic carbocycles. The van der Waals surface area contributed by atoms with Crippen LogP contribution in [-0.4, -0.2) is 16.7 Å². The number of aliphatic imine (C=N–C) groups is 1. The third kappa shape index (κ3) is 3.67. The fraction of sp³-hybridized carbons (Fsp3) is 0.182. The molecule has 4 rings (SSSR count). The highest BCUT2D eigenvalue weighted by molar-refractivity contribution is 7.10. The summed E-state index contributed by atoms with van der Waals surface area (Å²) in [5.74, 6) is -0.884. The number of hydrogen-bond donors (Lipinski definition) is 1. The van der Waals surface area contributed by atoms with Gasteiger partial charge in [0.15, 0.2) is 0 Å². The normalized spacial score (nSPS) is 18.7. The number of aromatic nitrogens is 1. The van der Waals surface area contributed by atoms with Crippen LogP contribution < -0.4 is 5.32 Å². The van der Waals surface area contributed by atoms with Gasteiger partial charge in [-0.15, -0.1) is 11.3 Å². The molecule has 1 N–H and O–H groups in total. The molecule has 1 aliphatic rings. The number of nitrogens with one attached hydrogen (secondary N) is 1. The van der Waals surface area contributed by atoms with Crippen LogP contribution in [0.3, 0.4) is 0 Å². The van der Waals surface area contributed by atoms with E-state index in [4.69, 9.17) is 10.2 Å². The molecule has 144 valence electrons. The fourth-order valence-electron chi connectivity index (χ4n) is 3.43. The van der Waals surface area contributed by atoms with E-state index in [-0.39, 0.29) is 11.5 Å². The summed E-state index contributed by atoms with van der Waals surface area (Å²) in [6, 6.07) is 13.3. The molecule has 0 bridgehead atoms. The van der Waals surface area contributed by atoms with Gasteiger partial charge in [-0.05, 0) is 31.5 Å². The average Bonchev–Trinajstić information content (AvgIpc) is 3.18. The summed E-state index contributed by atoms with van der Waals surface area (Å²) in [5.41, 5.74) is 4.25. The number of hydrogen-bond acceptors (Lipinski definition) is 4. The van der Waals surface area contributed by atoms with Crippen LogP contribution in [0.15, 0.2) is 52.8 Å². The summed E-state index contributed by atoms with van der Waals surface area (Å²) >= 11 is 1.49. The molecule has 0 spiro atoms. The van der Waals surface area contributed by atoms with Crippen LogP contribution in [0.5, 0.6) is 0 Å². The topological polar surface area (TPSA) is 78.1 Å². The number of rotatable bonds is 3. The number of carbonyl (C=O) groups excluding carboxylic acids is 1. The van der Waals surface area contributed by atoms with Crippen molar-refractivity contribution >= 4 is 23.1 Å². The van der Waals surface area contributed by atoms with Crippen molar-refractivity contribution in [2.45, 2.75) is 25.8 Å². The molecule has 29 heavy (non-hydrogen) atoms. The number of nitriles is 1. The lowest BCUT2D eigenvalue weighted by Crippen LogP contribution is -2.38. The van der Waals surface area contributed by atoms with Crippen molar-refractivity contribution in [1.82, 2.24) is 10.3 Å². The van der Waals surface area contributed by atoms with E-state index in [2.05, 4.69) is 10.3 Å². The highest BCUT2D eigenvalue weighted by Crippen LogP contribution is 2.38. The van der Waals surface area contributed by atoms with Gasteiger partial charge in [-0.2, -0.15) is 5.26 Å². The SMILES string of the molecule is CC1=NC(=O)NC(c2ccc(F)c(C#N)c2)C1c1nc(-c2ccc(C)cc2)cs1. The number of halogens is 1. The van der Waals surface area contributed by atoms with Gasteiger partial charge in [0.25, 0.3) is 0 Å². The molecule has 0 saturated carbocycles. The number of thiazole rings is 1. The Hall–Kier alpha value is -3.37. The van der Waals surface area contributed by atoms with Crippen molar-refractivity contribution in [2.24, 2.45) is 4.99 Å². The van der Waals surface area contributed by atoms with Crippen LogP contribution in [-0.2, 0) is 0 Å². The van der Waals surface area contributed by atoms with Gasteiger partial charge in [-0.25, -0.2) is 19.2 Å². The first-order valence-electron chi connectivity index (χ1n) is 9.04. The third-order valence-corrected chi connectivity index (χ3v) is 5.87. The van der Waals surface area contributed by atoms with Crippen molar-refractivity contribution in [3.63, 3.8) is 0 Å². The molecule has 7 heteroatoms.